The summed E-state index contributed by atoms with van der Waals surface area (Å²) in [7, 11) is 0. The highest BCUT2D eigenvalue weighted by Gasteiger charge is 2.22. The summed E-state index contributed by atoms with van der Waals surface area (Å²) in [6, 6.07) is 2.05. The number of carbonyl (C=O) groups excluding carboxylic acids is 1. The van der Waals surface area contributed by atoms with Crippen LogP contribution in [0, 0.1) is 6.92 Å². The fourth-order valence-electron chi connectivity index (χ4n) is 2.69. The van der Waals surface area contributed by atoms with Gasteiger partial charge in [-0.3, -0.25) is 4.79 Å². The van der Waals surface area contributed by atoms with Gasteiger partial charge in [0.1, 0.15) is 0 Å². The van der Waals surface area contributed by atoms with E-state index < -0.39 is 0 Å². The molecule has 0 radical (unpaired) electrons. The lowest BCUT2D eigenvalue weighted by Crippen LogP contribution is -2.14. The van der Waals surface area contributed by atoms with Crippen molar-refractivity contribution in [2.45, 2.75) is 39.2 Å². The summed E-state index contributed by atoms with van der Waals surface area (Å²) >= 11 is 1.64. The lowest BCUT2D eigenvalue weighted by molar-refractivity contribution is 0.0972. The fraction of sp³-hybridized carbons (Fsp3) is 0.429. The van der Waals surface area contributed by atoms with E-state index in [0.29, 0.717) is 12.2 Å². The molecule has 4 heteroatoms. The first-order valence-corrected chi connectivity index (χ1v) is 7.29. The molecule has 3 rings (SSSR count). The molecule has 18 heavy (non-hydrogen) atoms. The Morgan fingerprint density at radius 2 is 2.33 bits per heavy atom. The van der Waals surface area contributed by atoms with E-state index in [1.165, 1.54) is 11.4 Å². The molecule has 0 spiro atoms. The molecule has 3 nitrogen and oxygen atoms in total. The second kappa shape index (κ2) is 4.69. The van der Waals surface area contributed by atoms with Crippen molar-refractivity contribution in [1.29, 1.82) is 0 Å². The van der Waals surface area contributed by atoms with Gasteiger partial charge >= 0.3 is 0 Å². The highest BCUT2D eigenvalue weighted by atomic mass is 32.1. The number of aromatic nitrogens is 2. The molecule has 0 unspecified atom stereocenters. The molecular formula is C14H16N2OS. The van der Waals surface area contributed by atoms with Crippen LogP contribution in [0.4, 0.5) is 0 Å². The number of nitrogens with zero attached hydrogens (tertiary/aromatic N) is 2. The van der Waals surface area contributed by atoms with Crippen LogP contribution in [0.2, 0.25) is 0 Å². The number of fused-ring (bicyclic) bond motifs is 1. The van der Waals surface area contributed by atoms with E-state index in [1.54, 1.807) is 11.3 Å². The van der Waals surface area contributed by atoms with Crippen LogP contribution < -0.4 is 0 Å². The second-order valence-electron chi connectivity index (χ2n) is 4.80. The molecule has 94 valence electrons. The van der Waals surface area contributed by atoms with Crippen molar-refractivity contribution >= 4 is 17.1 Å². The van der Waals surface area contributed by atoms with Gasteiger partial charge in [0.2, 0.25) is 0 Å². The second-order valence-corrected chi connectivity index (χ2v) is 5.52. The lowest BCUT2D eigenvalue weighted by atomic mass is 9.96. The number of rotatable bonds is 3. The van der Waals surface area contributed by atoms with Crippen LogP contribution in [0.25, 0.3) is 0 Å². The van der Waals surface area contributed by atoms with Gasteiger partial charge < -0.3 is 4.57 Å². The summed E-state index contributed by atoms with van der Waals surface area (Å²) in [6.45, 7) is 3.02. The molecule has 0 fully saturated rings. The van der Waals surface area contributed by atoms with Crippen molar-refractivity contribution in [1.82, 2.24) is 9.55 Å². The smallest absolute Gasteiger partial charge is 0.164 e. The van der Waals surface area contributed by atoms with Gasteiger partial charge in [0.15, 0.2) is 5.78 Å². The lowest BCUT2D eigenvalue weighted by Gasteiger charge is -2.15. The van der Waals surface area contributed by atoms with Gasteiger partial charge in [0.25, 0.3) is 0 Å². The third-order valence-corrected chi connectivity index (χ3v) is 4.24. The third-order valence-electron chi connectivity index (χ3n) is 3.61. The van der Waals surface area contributed by atoms with Crippen molar-refractivity contribution in [2.24, 2.45) is 0 Å². The summed E-state index contributed by atoms with van der Waals surface area (Å²) in [5, 5.41) is 2.09. The van der Waals surface area contributed by atoms with Gasteiger partial charge in [-0.25, -0.2) is 4.98 Å². The quantitative estimate of drug-likeness (QED) is 0.850. The Kier molecular flexibility index (Phi) is 3.04. The van der Waals surface area contributed by atoms with E-state index >= 15 is 0 Å². The van der Waals surface area contributed by atoms with Crippen LogP contribution in [0.5, 0.6) is 0 Å². The Balaban J connectivity index is 1.85. The molecule has 0 saturated carbocycles. The number of hydrogen-bond donors (Lipinski definition) is 0. The zero-order chi connectivity index (χ0) is 12.5. The van der Waals surface area contributed by atoms with Gasteiger partial charge in [-0.05, 0) is 25.8 Å². The molecule has 2 aromatic heterocycles. The zero-order valence-corrected chi connectivity index (χ0v) is 11.3. The Labute approximate surface area is 110 Å². The number of Topliss-reactive ketones (excluding diaryl/α,β-unsaturated/α-hetero) is 1. The van der Waals surface area contributed by atoms with Gasteiger partial charge in [-0.1, -0.05) is 0 Å². The van der Waals surface area contributed by atoms with Gasteiger partial charge in [-0.15, -0.1) is 11.3 Å². The maximum absolute atomic E-state index is 11.9. The first kappa shape index (κ1) is 11.7. The fourth-order valence-corrected chi connectivity index (χ4v) is 3.28. The summed E-state index contributed by atoms with van der Waals surface area (Å²) in [5.41, 5.74) is 6.40. The SMILES string of the molecule is Cc1cc2c(n1CCc1cscn1)CCCC2=O. The van der Waals surface area contributed by atoms with Crippen LogP contribution in [0.3, 0.4) is 0 Å². The van der Waals surface area contributed by atoms with Gasteiger partial charge in [0.05, 0.1) is 11.2 Å². The van der Waals surface area contributed by atoms with Crippen LogP contribution in [0.1, 0.15) is 40.3 Å². The molecule has 0 atom stereocenters. The minimum absolute atomic E-state index is 0.312. The molecule has 0 N–H and O–H groups in total. The third kappa shape index (κ3) is 2.01. The number of ketones is 1. The monoisotopic (exact) mass is 260 g/mol. The average molecular weight is 260 g/mol. The van der Waals surface area contributed by atoms with Gasteiger partial charge in [-0.2, -0.15) is 0 Å². The van der Waals surface area contributed by atoms with E-state index in [1.807, 2.05) is 5.51 Å². The van der Waals surface area contributed by atoms with Crippen molar-refractivity contribution in [2.75, 3.05) is 0 Å². The normalized spacial score (nSPS) is 14.8. The number of hydrogen-bond acceptors (Lipinski definition) is 3. The molecule has 2 heterocycles. The molecule has 0 saturated heterocycles. The standard InChI is InChI=1S/C14H16N2OS/c1-10-7-12-13(3-2-4-14(12)17)16(10)6-5-11-8-18-9-15-11/h7-9H,2-6H2,1H3. The Morgan fingerprint density at radius 3 is 3.11 bits per heavy atom. The summed E-state index contributed by atoms with van der Waals surface area (Å²) < 4.78 is 2.30. The molecule has 1 aliphatic carbocycles. The van der Waals surface area contributed by atoms with Crippen molar-refractivity contribution < 1.29 is 4.79 Å². The summed E-state index contributed by atoms with van der Waals surface area (Å²) in [4.78, 5) is 16.2. The molecular weight excluding hydrogens is 244 g/mol. The van der Waals surface area contributed by atoms with Crippen molar-refractivity contribution in [3.63, 3.8) is 0 Å². The number of thiazole rings is 1. The number of aryl methyl sites for hydroxylation is 2. The predicted octanol–water partition coefficient (Wildman–Crippen LogP) is 3.01. The average Bonchev–Trinajstić information content (AvgIpc) is 2.95. The summed E-state index contributed by atoms with van der Waals surface area (Å²) in [5.74, 6) is 0.312. The van der Waals surface area contributed by atoms with Crippen LogP contribution in [0.15, 0.2) is 17.0 Å². The van der Waals surface area contributed by atoms with E-state index in [2.05, 4.69) is 27.9 Å². The minimum atomic E-state index is 0.312. The molecule has 1 aliphatic rings. The first-order chi connectivity index (χ1) is 8.75. The van der Waals surface area contributed by atoms with Crippen molar-refractivity contribution in [3.05, 3.63) is 39.6 Å². The largest absolute Gasteiger partial charge is 0.348 e. The van der Waals surface area contributed by atoms with E-state index in [-0.39, 0.29) is 0 Å². The Bertz CT molecular complexity index is 569. The highest BCUT2D eigenvalue weighted by Crippen LogP contribution is 2.25. The minimum Gasteiger partial charge on any atom is -0.348 e. The van der Waals surface area contributed by atoms with E-state index in [9.17, 15) is 4.79 Å². The highest BCUT2D eigenvalue weighted by molar-refractivity contribution is 7.07. The topological polar surface area (TPSA) is 34.9 Å². The molecule has 2 aromatic rings. The van der Waals surface area contributed by atoms with Crippen LogP contribution >= 0.6 is 11.3 Å². The van der Waals surface area contributed by atoms with E-state index in [0.717, 1.165) is 37.1 Å². The maximum Gasteiger partial charge on any atom is 0.164 e. The molecule has 0 aliphatic heterocycles. The predicted molar refractivity (Wildman–Crippen MR) is 72.3 cm³/mol. The Morgan fingerprint density at radius 1 is 1.44 bits per heavy atom. The summed E-state index contributed by atoms with van der Waals surface area (Å²) in [6.07, 6.45) is 3.68. The van der Waals surface area contributed by atoms with Crippen molar-refractivity contribution in [3.8, 4) is 0 Å². The molecule has 0 amide bonds. The van der Waals surface area contributed by atoms with Crippen LogP contribution in [-0.4, -0.2) is 15.3 Å². The zero-order valence-electron chi connectivity index (χ0n) is 10.5. The molecule has 0 bridgehead atoms. The molecule has 0 aromatic carbocycles. The van der Waals surface area contributed by atoms with Crippen LogP contribution in [-0.2, 0) is 19.4 Å². The van der Waals surface area contributed by atoms with E-state index in [4.69, 9.17) is 0 Å². The van der Waals surface area contributed by atoms with Gasteiger partial charge in [0, 0.05) is 41.7 Å². The Hall–Kier alpha value is -1.42. The maximum atomic E-state index is 11.9. The first-order valence-electron chi connectivity index (χ1n) is 6.35. The number of carbonyl (C=O) groups is 1.